The van der Waals surface area contributed by atoms with Gasteiger partial charge in [0.15, 0.2) is 0 Å². The van der Waals surface area contributed by atoms with Crippen LogP contribution < -0.4 is 9.80 Å². The minimum absolute atomic E-state index is 0.906. The van der Waals surface area contributed by atoms with Gasteiger partial charge in [-0.05, 0) is 24.6 Å². The minimum atomic E-state index is 0.906. The lowest BCUT2D eigenvalue weighted by molar-refractivity contribution is -0.975. The van der Waals surface area contributed by atoms with E-state index in [2.05, 4.69) is 84.4 Å². The summed E-state index contributed by atoms with van der Waals surface area (Å²) < 4.78 is 7.95. The third-order valence-corrected chi connectivity index (χ3v) is 6.16. The molecule has 1 saturated heterocycles. The molecule has 2 heterocycles. The van der Waals surface area contributed by atoms with Crippen molar-refractivity contribution in [2.24, 2.45) is 0 Å². The average Bonchev–Trinajstić information content (AvgIpc) is 3.21. The lowest BCUT2D eigenvalue weighted by Crippen LogP contribution is -3.20. The summed E-state index contributed by atoms with van der Waals surface area (Å²) in [5.41, 5.74) is 5.51. The van der Waals surface area contributed by atoms with Crippen molar-refractivity contribution in [3.63, 3.8) is 0 Å². The third-order valence-electron chi connectivity index (χ3n) is 6.16. The second kappa shape index (κ2) is 10.6. The van der Waals surface area contributed by atoms with E-state index in [1.165, 1.54) is 35.5 Å². The van der Waals surface area contributed by atoms with E-state index in [1.54, 1.807) is 9.80 Å². The molecule has 2 N–H and O–H groups in total. The SMILES string of the molecule is Cc1ccc(Cn2cccc2C[NH+](CC[NH+]2CCOCC2)Cc2ccccc2)cc1. The first-order valence-corrected chi connectivity index (χ1v) is 11.2. The number of nitrogens with one attached hydrogen (secondary N) is 2. The quantitative estimate of drug-likeness (QED) is 0.551. The summed E-state index contributed by atoms with van der Waals surface area (Å²) in [5.74, 6) is 0. The Morgan fingerprint density at radius 2 is 1.63 bits per heavy atom. The molecule has 0 aliphatic carbocycles. The topological polar surface area (TPSA) is 23.0 Å². The van der Waals surface area contributed by atoms with Crippen LogP contribution in [0.5, 0.6) is 0 Å². The molecular weight excluding hydrogens is 370 g/mol. The van der Waals surface area contributed by atoms with Gasteiger partial charge in [0.25, 0.3) is 0 Å². The Morgan fingerprint density at radius 1 is 0.867 bits per heavy atom. The van der Waals surface area contributed by atoms with Gasteiger partial charge < -0.3 is 19.1 Å². The van der Waals surface area contributed by atoms with E-state index in [0.717, 1.165) is 45.9 Å². The lowest BCUT2D eigenvalue weighted by atomic mass is 10.1. The molecule has 4 rings (SSSR count). The molecule has 1 unspecified atom stereocenters. The average molecular weight is 406 g/mol. The van der Waals surface area contributed by atoms with Crippen LogP contribution in [0, 0.1) is 6.92 Å². The number of ether oxygens (including phenoxy) is 1. The van der Waals surface area contributed by atoms with Crippen molar-refractivity contribution in [2.45, 2.75) is 26.6 Å². The van der Waals surface area contributed by atoms with Crippen LogP contribution >= 0.6 is 0 Å². The van der Waals surface area contributed by atoms with Gasteiger partial charge in [-0.15, -0.1) is 0 Å². The Balaban J connectivity index is 1.44. The first kappa shape index (κ1) is 20.9. The molecule has 3 aromatic rings. The van der Waals surface area contributed by atoms with Crippen molar-refractivity contribution >= 4 is 0 Å². The van der Waals surface area contributed by atoms with Crippen LogP contribution in [-0.4, -0.2) is 44.0 Å². The summed E-state index contributed by atoms with van der Waals surface area (Å²) in [4.78, 5) is 3.31. The van der Waals surface area contributed by atoms with Crippen molar-refractivity contribution in [3.8, 4) is 0 Å². The monoisotopic (exact) mass is 405 g/mol. The van der Waals surface area contributed by atoms with Gasteiger partial charge in [0.05, 0.1) is 18.9 Å². The molecule has 0 amide bonds. The first-order valence-electron chi connectivity index (χ1n) is 11.2. The fraction of sp³-hybridized carbons (Fsp3) is 0.385. The highest BCUT2D eigenvalue weighted by molar-refractivity contribution is 5.22. The highest BCUT2D eigenvalue weighted by Gasteiger charge is 2.19. The number of aromatic nitrogens is 1. The van der Waals surface area contributed by atoms with Crippen LogP contribution in [0.2, 0.25) is 0 Å². The van der Waals surface area contributed by atoms with Crippen molar-refractivity contribution in [1.29, 1.82) is 0 Å². The van der Waals surface area contributed by atoms with Crippen LogP contribution in [0.1, 0.15) is 22.4 Å². The molecule has 1 atom stereocenters. The molecule has 0 radical (unpaired) electrons. The van der Waals surface area contributed by atoms with Crippen LogP contribution in [-0.2, 0) is 24.4 Å². The molecule has 0 saturated carbocycles. The second-order valence-electron chi connectivity index (χ2n) is 8.56. The Bertz CT molecular complexity index is 882. The predicted octanol–water partition coefficient (Wildman–Crippen LogP) is 1.35. The molecule has 1 fully saturated rings. The van der Waals surface area contributed by atoms with E-state index in [-0.39, 0.29) is 0 Å². The normalized spacial score (nSPS) is 15.9. The summed E-state index contributed by atoms with van der Waals surface area (Å²) >= 11 is 0. The number of benzene rings is 2. The predicted molar refractivity (Wildman–Crippen MR) is 121 cm³/mol. The highest BCUT2D eigenvalue weighted by Crippen LogP contribution is 2.09. The fourth-order valence-electron chi connectivity index (χ4n) is 4.30. The molecule has 4 heteroatoms. The van der Waals surface area contributed by atoms with Crippen molar-refractivity contribution in [3.05, 3.63) is 95.3 Å². The Kier molecular flexibility index (Phi) is 7.35. The van der Waals surface area contributed by atoms with Crippen molar-refractivity contribution in [2.75, 3.05) is 39.4 Å². The standard InChI is InChI=1S/C26H33N3O/c1-23-9-11-25(12-10-23)21-29-13-5-8-26(29)22-28(20-24-6-3-2-4-7-24)15-14-27-16-18-30-19-17-27/h2-13H,14-22H2,1H3/p+2. The summed E-state index contributed by atoms with van der Waals surface area (Å²) in [6.07, 6.45) is 2.22. The summed E-state index contributed by atoms with van der Waals surface area (Å²) in [6.45, 7) is 11.7. The molecule has 1 aliphatic heterocycles. The smallest absolute Gasteiger partial charge is 0.127 e. The zero-order valence-electron chi connectivity index (χ0n) is 18.1. The number of hydrogen-bond donors (Lipinski definition) is 2. The molecule has 1 aromatic heterocycles. The van der Waals surface area contributed by atoms with Crippen molar-refractivity contribution < 1.29 is 14.5 Å². The number of aryl methyl sites for hydroxylation is 1. The molecule has 30 heavy (non-hydrogen) atoms. The molecule has 158 valence electrons. The number of morpholine rings is 1. The summed E-state index contributed by atoms with van der Waals surface area (Å²) in [5, 5.41) is 0. The van der Waals surface area contributed by atoms with E-state index in [9.17, 15) is 0 Å². The molecule has 0 spiro atoms. The van der Waals surface area contributed by atoms with Crippen LogP contribution in [0.15, 0.2) is 72.9 Å². The van der Waals surface area contributed by atoms with Gasteiger partial charge in [0.2, 0.25) is 0 Å². The maximum absolute atomic E-state index is 5.54. The Hall–Kier alpha value is -2.40. The second-order valence-corrected chi connectivity index (χ2v) is 8.56. The van der Waals surface area contributed by atoms with E-state index in [1.807, 2.05) is 0 Å². The van der Waals surface area contributed by atoms with Gasteiger partial charge in [0, 0.05) is 18.3 Å². The maximum atomic E-state index is 5.54. The third kappa shape index (κ3) is 6.05. The molecule has 0 bridgehead atoms. The molecule has 4 nitrogen and oxygen atoms in total. The van der Waals surface area contributed by atoms with Crippen LogP contribution in [0.3, 0.4) is 0 Å². The largest absolute Gasteiger partial charge is 0.370 e. The summed E-state index contributed by atoms with van der Waals surface area (Å²) in [7, 11) is 0. The summed E-state index contributed by atoms with van der Waals surface area (Å²) in [6, 6.07) is 24.3. The van der Waals surface area contributed by atoms with Gasteiger partial charge in [0.1, 0.15) is 39.3 Å². The van der Waals surface area contributed by atoms with Crippen LogP contribution in [0.4, 0.5) is 0 Å². The zero-order valence-corrected chi connectivity index (χ0v) is 18.1. The number of quaternary nitrogens is 2. The van der Waals surface area contributed by atoms with E-state index in [0.29, 0.717) is 0 Å². The van der Waals surface area contributed by atoms with Gasteiger partial charge in [-0.1, -0.05) is 60.2 Å². The number of hydrogen-bond acceptors (Lipinski definition) is 1. The van der Waals surface area contributed by atoms with E-state index in [4.69, 9.17) is 4.74 Å². The number of nitrogens with zero attached hydrogens (tertiary/aromatic N) is 1. The number of rotatable bonds is 9. The zero-order chi connectivity index (χ0) is 20.6. The first-order chi connectivity index (χ1) is 14.8. The van der Waals surface area contributed by atoms with Crippen molar-refractivity contribution in [1.82, 2.24) is 4.57 Å². The van der Waals surface area contributed by atoms with Gasteiger partial charge in [-0.3, -0.25) is 0 Å². The minimum Gasteiger partial charge on any atom is -0.370 e. The van der Waals surface area contributed by atoms with Crippen LogP contribution in [0.25, 0.3) is 0 Å². The van der Waals surface area contributed by atoms with E-state index >= 15 is 0 Å². The van der Waals surface area contributed by atoms with Gasteiger partial charge in [-0.2, -0.15) is 0 Å². The molecule has 2 aromatic carbocycles. The maximum Gasteiger partial charge on any atom is 0.127 e. The van der Waals surface area contributed by atoms with Gasteiger partial charge >= 0.3 is 0 Å². The highest BCUT2D eigenvalue weighted by atomic mass is 16.5. The molecular formula is C26H35N3O+2. The Morgan fingerprint density at radius 3 is 2.40 bits per heavy atom. The Labute approximate surface area is 180 Å². The van der Waals surface area contributed by atoms with Gasteiger partial charge in [-0.25, -0.2) is 0 Å². The molecule has 1 aliphatic rings. The lowest BCUT2D eigenvalue weighted by Gasteiger charge is -2.26. The van der Waals surface area contributed by atoms with E-state index < -0.39 is 0 Å². The fourth-order valence-corrected chi connectivity index (χ4v) is 4.30.